The summed E-state index contributed by atoms with van der Waals surface area (Å²) in [4.78, 5) is 4.24. The van der Waals surface area contributed by atoms with Crippen molar-refractivity contribution in [3.63, 3.8) is 0 Å². The standard InChI is InChI=1S/C12H16N4O3S2.ClH/c1-8(16-21(17,18)9-4-2-7-20-9)10-14-11(15-19-10)12(13)5-3-6-12;/h2,4,7-8,16H,3,5-6,13H2,1H3;1H. The van der Waals surface area contributed by atoms with E-state index < -0.39 is 21.6 Å². The van der Waals surface area contributed by atoms with Gasteiger partial charge in [0.15, 0.2) is 5.82 Å². The van der Waals surface area contributed by atoms with E-state index in [1.165, 1.54) is 0 Å². The molecule has 1 aliphatic carbocycles. The van der Waals surface area contributed by atoms with Crippen LogP contribution in [0.3, 0.4) is 0 Å². The largest absolute Gasteiger partial charge is 0.338 e. The summed E-state index contributed by atoms with van der Waals surface area (Å²) < 4.78 is 32.2. The molecule has 122 valence electrons. The number of hydrogen-bond donors (Lipinski definition) is 2. The van der Waals surface area contributed by atoms with Crippen LogP contribution in [0.15, 0.2) is 26.2 Å². The quantitative estimate of drug-likeness (QED) is 0.838. The maximum atomic E-state index is 12.1. The summed E-state index contributed by atoms with van der Waals surface area (Å²) in [6.45, 7) is 1.66. The lowest BCUT2D eigenvalue weighted by Crippen LogP contribution is -2.44. The third kappa shape index (κ3) is 3.18. The van der Waals surface area contributed by atoms with Crippen molar-refractivity contribution in [1.82, 2.24) is 14.9 Å². The van der Waals surface area contributed by atoms with E-state index in [2.05, 4.69) is 14.9 Å². The van der Waals surface area contributed by atoms with Crippen molar-refractivity contribution in [3.05, 3.63) is 29.2 Å². The van der Waals surface area contributed by atoms with Crippen molar-refractivity contribution in [2.75, 3.05) is 0 Å². The molecule has 1 fully saturated rings. The van der Waals surface area contributed by atoms with E-state index in [9.17, 15) is 8.42 Å². The SMILES string of the molecule is CC(NS(=O)(=O)c1cccs1)c1nc(C2(N)CCC2)no1.Cl. The highest BCUT2D eigenvalue weighted by atomic mass is 35.5. The highest BCUT2D eigenvalue weighted by molar-refractivity contribution is 7.91. The fourth-order valence-electron chi connectivity index (χ4n) is 2.15. The Hall–Kier alpha value is -1.00. The Kier molecular flexibility index (Phi) is 4.93. The molecule has 7 nitrogen and oxygen atoms in total. The molecule has 3 N–H and O–H groups in total. The molecule has 2 aromatic heterocycles. The predicted molar refractivity (Wildman–Crippen MR) is 84.3 cm³/mol. The molecule has 0 saturated heterocycles. The molecule has 1 unspecified atom stereocenters. The van der Waals surface area contributed by atoms with Gasteiger partial charge in [0.2, 0.25) is 5.89 Å². The van der Waals surface area contributed by atoms with E-state index >= 15 is 0 Å². The Morgan fingerprint density at radius 2 is 2.23 bits per heavy atom. The zero-order valence-electron chi connectivity index (χ0n) is 11.9. The van der Waals surface area contributed by atoms with Crippen LogP contribution < -0.4 is 10.5 Å². The summed E-state index contributed by atoms with van der Waals surface area (Å²) in [5.74, 6) is 0.674. The Labute approximate surface area is 138 Å². The van der Waals surface area contributed by atoms with Gasteiger partial charge in [0.1, 0.15) is 4.21 Å². The van der Waals surface area contributed by atoms with Crippen LogP contribution in [0.2, 0.25) is 0 Å². The second-order valence-corrected chi connectivity index (χ2v) is 8.13. The molecule has 3 rings (SSSR count). The van der Waals surface area contributed by atoms with Gasteiger partial charge in [-0.15, -0.1) is 23.7 Å². The normalized spacial score (nSPS) is 18.3. The number of sulfonamides is 1. The Morgan fingerprint density at radius 1 is 1.50 bits per heavy atom. The average Bonchev–Trinajstić information content (AvgIpc) is 3.06. The van der Waals surface area contributed by atoms with Crippen LogP contribution in [0, 0.1) is 0 Å². The van der Waals surface area contributed by atoms with Crippen molar-refractivity contribution in [2.24, 2.45) is 5.73 Å². The number of nitrogens with two attached hydrogens (primary N) is 1. The number of halogens is 1. The molecule has 0 aliphatic heterocycles. The Bertz CT molecular complexity index is 725. The monoisotopic (exact) mass is 364 g/mol. The van der Waals surface area contributed by atoms with Crippen molar-refractivity contribution >= 4 is 33.8 Å². The lowest BCUT2D eigenvalue weighted by Gasteiger charge is -2.34. The lowest BCUT2D eigenvalue weighted by molar-refractivity contribution is 0.228. The van der Waals surface area contributed by atoms with E-state index in [1.54, 1.807) is 24.4 Å². The van der Waals surface area contributed by atoms with Gasteiger partial charge in [-0.3, -0.25) is 0 Å². The molecule has 1 atom stereocenters. The topological polar surface area (TPSA) is 111 Å². The molecule has 0 bridgehead atoms. The molecule has 1 aliphatic rings. The molecule has 2 heterocycles. The highest BCUT2D eigenvalue weighted by Crippen LogP contribution is 2.37. The van der Waals surface area contributed by atoms with Crippen LogP contribution in [0.5, 0.6) is 0 Å². The summed E-state index contributed by atoms with van der Waals surface area (Å²) >= 11 is 1.15. The fraction of sp³-hybridized carbons (Fsp3) is 0.500. The first-order chi connectivity index (χ1) is 9.91. The maximum Gasteiger partial charge on any atom is 0.250 e. The van der Waals surface area contributed by atoms with Gasteiger partial charge in [0.25, 0.3) is 10.0 Å². The van der Waals surface area contributed by atoms with Crippen molar-refractivity contribution in [2.45, 2.75) is 42.0 Å². The van der Waals surface area contributed by atoms with E-state index in [-0.39, 0.29) is 22.5 Å². The van der Waals surface area contributed by atoms with Gasteiger partial charge < -0.3 is 10.3 Å². The minimum absolute atomic E-state index is 0. The number of hydrogen-bond acceptors (Lipinski definition) is 7. The Balaban J connectivity index is 0.00000176. The summed E-state index contributed by atoms with van der Waals surface area (Å²) in [6, 6.07) is 2.62. The van der Waals surface area contributed by atoms with E-state index in [1.807, 2.05) is 0 Å². The van der Waals surface area contributed by atoms with Crippen molar-refractivity contribution in [3.8, 4) is 0 Å². The fourth-order valence-corrected chi connectivity index (χ4v) is 4.36. The molecule has 0 aromatic carbocycles. The third-order valence-corrected chi connectivity index (χ3v) is 6.53. The summed E-state index contributed by atoms with van der Waals surface area (Å²) in [5, 5.41) is 5.59. The van der Waals surface area contributed by atoms with Crippen molar-refractivity contribution in [1.29, 1.82) is 0 Å². The average molecular weight is 365 g/mol. The molecule has 22 heavy (non-hydrogen) atoms. The van der Waals surface area contributed by atoms with E-state index in [0.29, 0.717) is 5.82 Å². The van der Waals surface area contributed by atoms with Crippen LogP contribution in [0.1, 0.15) is 43.9 Å². The van der Waals surface area contributed by atoms with Crippen LogP contribution >= 0.6 is 23.7 Å². The van der Waals surface area contributed by atoms with Gasteiger partial charge in [0.05, 0.1) is 11.6 Å². The zero-order chi connectivity index (χ0) is 15.1. The lowest BCUT2D eigenvalue weighted by atomic mass is 9.77. The summed E-state index contributed by atoms with van der Waals surface area (Å²) in [7, 11) is -3.57. The van der Waals surface area contributed by atoms with Crippen LogP contribution in [0.4, 0.5) is 0 Å². The molecule has 1 saturated carbocycles. The zero-order valence-corrected chi connectivity index (χ0v) is 14.3. The van der Waals surface area contributed by atoms with Crippen LogP contribution in [-0.4, -0.2) is 18.6 Å². The van der Waals surface area contributed by atoms with Gasteiger partial charge in [0, 0.05) is 0 Å². The van der Waals surface area contributed by atoms with Crippen LogP contribution in [0.25, 0.3) is 0 Å². The molecular formula is C12H17ClN4O3S2. The molecule has 0 amide bonds. The van der Waals surface area contributed by atoms with Gasteiger partial charge in [-0.25, -0.2) is 8.42 Å². The second-order valence-electron chi connectivity index (χ2n) is 5.24. The molecular weight excluding hydrogens is 348 g/mol. The summed E-state index contributed by atoms with van der Waals surface area (Å²) in [5.41, 5.74) is 5.60. The van der Waals surface area contributed by atoms with E-state index in [0.717, 1.165) is 30.6 Å². The van der Waals surface area contributed by atoms with Gasteiger partial charge in [-0.05, 0) is 37.6 Å². The van der Waals surface area contributed by atoms with Crippen LogP contribution in [-0.2, 0) is 15.6 Å². The van der Waals surface area contributed by atoms with E-state index in [4.69, 9.17) is 10.3 Å². The first-order valence-corrected chi connectivity index (χ1v) is 8.96. The first kappa shape index (κ1) is 17.4. The Morgan fingerprint density at radius 3 is 2.77 bits per heavy atom. The molecule has 0 radical (unpaired) electrons. The second kappa shape index (κ2) is 6.25. The van der Waals surface area contributed by atoms with Crippen molar-refractivity contribution < 1.29 is 12.9 Å². The maximum absolute atomic E-state index is 12.1. The van der Waals surface area contributed by atoms with Gasteiger partial charge >= 0.3 is 0 Å². The summed E-state index contributed by atoms with van der Waals surface area (Å²) in [6.07, 6.45) is 2.68. The first-order valence-electron chi connectivity index (χ1n) is 6.59. The number of rotatable bonds is 5. The van der Waals surface area contributed by atoms with Gasteiger partial charge in [-0.1, -0.05) is 11.2 Å². The number of thiophene rings is 1. The minimum Gasteiger partial charge on any atom is -0.338 e. The number of nitrogens with zero attached hydrogens (tertiary/aromatic N) is 2. The number of nitrogens with one attached hydrogen (secondary N) is 1. The minimum atomic E-state index is -3.57. The predicted octanol–water partition coefficient (Wildman–Crippen LogP) is 1.93. The third-order valence-electron chi connectivity index (χ3n) is 3.60. The molecule has 2 aromatic rings. The molecule has 10 heteroatoms. The highest BCUT2D eigenvalue weighted by Gasteiger charge is 2.39. The smallest absolute Gasteiger partial charge is 0.250 e. The molecule has 0 spiro atoms. The number of aromatic nitrogens is 2. The van der Waals surface area contributed by atoms with Gasteiger partial charge in [-0.2, -0.15) is 9.71 Å².